The first-order valence-corrected chi connectivity index (χ1v) is 6.81. The minimum Gasteiger partial charge on any atom is -0.452 e. The average molecular weight is 305 g/mol. The molecule has 4 heteroatoms. The summed E-state index contributed by atoms with van der Waals surface area (Å²) in [5.41, 5.74) is 1.84. The highest BCUT2D eigenvalue weighted by Gasteiger charge is 2.21. The summed E-state index contributed by atoms with van der Waals surface area (Å²) in [5.74, 6) is 0.0431. The molecule has 0 aliphatic heterocycles. The second kappa shape index (κ2) is 4.97. The molecule has 0 bridgehead atoms. The fraction of sp³-hybridized carbons (Fsp3) is 0.0625. The van der Waals surface area contributed by atoms with Crippen molar-refractivity contribution in [3.63, 3.8) is 0 Å². The molecule has 0 saturated carbocycles. The second-order valence-electron chi connectivity index (χ2n) is 4.51. The maximum Gasteiger partial charge on any atom is 0.230 e. The molecule has 1 aromatic heterocycles. The molecule has 2 aromatic carbocycles. The lowest BCUT2D eigenvalue weighted by molar-refractivity contribution is 0.101. The molecule has 0 spiro atoms. The molecule has 0 aliphatic rings. The number of benzene rings is 2. The van der Waals surface area contributed by atoms with Crippen LogP contribution in [0.1, 0.15) is 21.7 Å². The Labute approximate surface area is 125 Å². The van der Waals surface area contributed by atoms with Crippen LogP contribution >= 0.6 is 23.2 Å². The molecule has 100 valence electrons. The number of para-hydroxylation sites is 1. The van der Waals surface area contributed by atoms with Gasteiger partial charge in [0.2, 0.25) is 5.78 Å². The zero-order chi connectivity index (χ0) is 14.3. The van der Waals surface area contributed by atoms with Gasteiger partial charge in [-0.3, -0.25) is 4.79 Å². The van der Waals surface area contributed by atoms with Crippen LogP contribution < -0.4 is 0 Å². The molecular weight excluding hydrogens is 295 g/mol. The fourth-order valence-corrected chi connectivity index (χ4v) is 2.56. The zero-order valence-electron chi connectivity index (χ0n) is 10.6. The summed E-state index contributed by atoms with van der Waals surface area (Å²) in [5, 5.41) is 1.75. The normalized spacial score (nSPS) is 10.9. The van der Waals surface area contributed by atoms with Crippen molar-refractivity contribution in [2.45, 2.75) is 6.92 Å². The Hall–Kier alpha value is -1.77. The number of hydrogen-bond acceptors (Lipinski definition) is 2. The van der Waals surface area contributed by atoms with Crippen molar-refractivity contribution in [1.82, 2.24) is 0 Å². The lowest BCUT2D eigenvalue weighted by atomic mass is 10.0. The molecule has 2 nitrogen and oxygen atoms in total. The number of carbonyl (C=O) groups excluding carboxylic acids is 1. The molecular formula is C16H10Cl2O2. The number of aryl methyl sites for hydroxylation is 1. The quantitative estimate of drug-likeness (QED) is 0.603. The average Bonchev–Trinajstić information content (AvgIpc) is 2.79. The summed E-state index contributed by atoms with van der Waals surface area (Å²) < 4.78 is 5.66. The molecule has 0 saturated heterocycles. The molecule has 0 radical (unpaired) electrons. The summed E-state index contributed by atoms with van der Waals surface area (Å²) in [6.45, 7) is 1.86. The van der Waals surface area contributed by atoms with E-state index in [-0.39, 0.29) is 5.78 Å². The third kappa shape index (κ3) is 2.11. The Balaban J connectivity index is 2.17. The van der Waals surface area contributed by atoms with Crippen LogP contribution in [0.15, 0.2) is 46.9 Å². The lowest BCUT2D eigenvalue weighted by Crippen LogP contribution is -2.02. The van der Waals surface area contributed by atoms with E-state index in [1.807, 2.05) is 31.2 Å². The standard InChI is InChI=1S/C16H10Cl2O2/c1-9-11-4-2-3-5-14(11)20-16(9)15(19)12-8-10(17)6-7-13(12)18/h2-8H,1H3. The van der Waals surface area contributed by atoms with E-state index in [0.717, 1.165) is 10.9 Å². The van der Waals surface area contributed by atoms with E-state index in [2.05, 4.69) is 0 Å². The summed E-state index contributed by atoms with van der Waals surface area (Å²) in [7, 11) is 0. The van der Waals surface area contributed by atoms with Crippen LogP contribution in [0.2, 0.25) is 10.0 Å². The summed E-state index contributed by atoms with van der Waals surface area (Å²) in [6.07, 6.45) is 0. The lowest BCUT2D eigenvalue weighted by Gasteiger charge is -2.02. The van der Waals surface area contributed by atoms with Gasteiger partial charge in [0.05, 0.1) is 5.02 Å². The van der Waals surface area contributed by atoms with Gasteiger partial charge in [-0.15, -0.1) is 0 Å². The number of fused-ring (bicyclic) bond motifs is 1. The summed E-state index contributed by atoms with van der Waals surface area (Å²) in [6, 6.07) is 12.3. The maximum absolute atomic E-state index is 12.6. The number of hydrogen-bond donors (Lipinski definition) is 0. The Kier molecular flexibility index (Phi) is 3.28. The van der Waals surface area contributed by atoms with Gasteiger partial charge in [0.1, 0.15) is 5.58 Å². The minimum absolute atomic E-state index is 0.258. The molecule has 3 rings (SSSR count). The van der Waals surface area contributed by atoms with Gasteiger partial charge in [-0.25, -0.2) is 0 Å². The number of furan rings is 1. The Bertz CT molecular complexity index is 818. The van der Waals surface area contributed by atoms with E-state index < -0.39 is 0 Å². The Morgan fingerprint density at radius 2 is 1.85 bits per heavy atom. The Morgan fingerprint density at radius 3 is 2.60 bits per heavy atom. The van der Waals surface area contributed by atoms with Crippen LogP contribution in [0, 0.1) is 6.92 Å². The highest BCUT2D eigenvalue weighted by Crippen LogP contribution is 2.29. The smallest absolute Gasteiger partial charge is 0.230 e. The van der Waals surface area contributed by atoms with Gasteiger partial charge in [-0.05, 0) is 31.2 Å². The molecule has 3 aromatic rings. The van der Waals surface area contributed by atoms with Crippen molar-refractivity contribution in [3.8, 4) is 0 Å². The number of halogens is 2. The van der Waals surface area contributed by atoms with Crippen molar-refractivity contribution >= 4 is 40.0 Å². The molecule has 0 N–H and O–H groups in total. The summed E-state index contributed by atoms with van der Waals surface area (Å²) >= 11 is 12.0. The van der Waals surface area contributed by atoms with Crippen molar-refractivity contribution in [1.29, 1.82) is 0 Å². The summed E-state index contributed by atoms with van der Waals surface area (Å²) in [4.78, 5) is 12.6. The predicted molar refractivity (Wildman–Crippen MR) is 80.8 cm³/mol. The van der Waals surface area contributed by atoms with Crippen LogP contribution in [0.25, 0.3) is 11.0 Å². The zero-order valence-corrected chi connectivity index (χ0v) is 12.1. The minimum atomic E-state index is -0.258. The number of rotatable bonds is 2. The van der Waals surface area contributed by atoms with Gasteiger partial charge in [0.15, 0.2) is 5.76 Å². The third-order valence-electron chi connectivity index (χ3n) is 3.22. The van der Waals surface area contributed by atoms with Crippen molar-refractivity contribution < 1.29 is 9.21 Å². The third-order valence-corrected chi connectivity index (χ3v) is 3.79. The fourth-order valence-electron chi connectivity index (χ4n) is 2.18. The monoisotopic (exact) mass is 304 g/mol. The van der Waals surface area contributed by atoms with Gasteiger partial charge in [-0.2, -0.15) is 0 Å². The maximum atomic E-state index is 12.6. The van der Waals surface area contributed by atoms with Crippen molar-refractivity contribution in [3.05, 3.63) is 69.4 Å². The van der Waals surface area contributed by atoms with E-state index in [9.17, 15) is 4.79 Å². The first-order valence-electron chi connectivity index (χ1n) is 6.06. The van der Waals surface area contributed by atoms with E-state index in [0.29, 0.717) is 27.0 Å². The first-order chi connectivity index (χ1) is 9.58. The van der Waals surface area contributed by atoms with Gasteiger partial charge >= 0.3 is 0 Å². The largest absolute Gasteiger partial charge is 0.452 e. The molecule has 20 heavy (non-hydrogen) atoms. The molecule has 0 amide bonds. The number of ketones is 1. The van der Waals surface area contributed by atoms with Crippen LogP contribution in [0.4, 0.5) is 0 Å². The topological polar surface area (TPSA) is 30.2 Å². The molecule has 1 heterocycles. The SMILES string of the molecule is Cc1c(C(=O)c2cc(Cl)ccc2Cl)oc2ccccc12. The van der Waals surface area contributed by atoms with Crippen LogP contribution in [0.5, 0.6) is 0 Å². The van der Waals surface area contributed by atoms with Crippen molar-refractivity contribution in [2.24, 2.45) is 0 Å². The number of carbonyl (C=O) groups is 1. The van der Waals surface area contributed by atoms with Crippen LogP contribution in [0.3, 0.4) is 0 Å². The highest BCUT2D eigenvalue weighted by molar-refractivity contribution is 6.36. The molecule has 0 fully saturated rings. The predicted octanol–water partition coefficient (Wildman–Crippen LogP) is 5.28. The van der Waals surface area contributed by atoms with Gasteiger partial charge in [-0.1, -0.05) is 41.4 Å². The van der Waals surface area contributed by atoms with Crippen LogP contribution in [-0.2, 0) is 0 Å². The highest BCUT2D eigenvalue weighted by atomic mass is 35.5. The van der Waals surface area contributed by atoms with Gasteiger partial charge < -0.3 is 4.42 Å². The molecule has 0 atom stereocenters. The second-order valence-corrected chi connectivity index (χ2v) is 5.35. The van der Waals surface area contributed by atoms with Crippen molar-refractivity contribution in [2.75, 3.05) is 0 Å². The molecule has 0 unspecified atom stereocenters. The molecule has 0 aliphatic carbocycles. The first kappa shape index (κ1) is 13.2. The van der Waals surface area contributed by atoms with Crippen LogP contribution in [-0.4, -0.2) is 5.78 Å². The Morgan fingerprint density at radius 1 is 1.10 bits per heavy atom. The van der Waals surface area contributed by atoms with E-state index >= 15 is 0 Å². The van der Waals surface area contributed by atoms with Gasteiger partial charge in [0.25, 0.3) is 0 Å². The van der Waals surface area contributed by atoms with Gasteiger partial charge in [0, 0.05) is 21.5 Å². The van der Waals surface area contributed by atoms with E-state index in [1.54, 1.807) is 18.2 Å². The van der Waals surface area contributed by atoms with E-state index in [4.69, 9.17) is 27.6 Å². The van der Waals surface area contributed by atoms with E-state index in [1.165, 1.54) is 0 Å².